The van der Waals surface area contributed by atoms with Crippen LogP contribution in [0.3, 0.4) is 0 Å². The van der Waals surface area contributed by atoms with Gasteiger partial charge >= 0.3 is 6.01 Å². The van der Waals surface area contributed by atoms with Crippen LogP contribution in [0.5, 0.6) is 0 Å². The summed E-state index contributed by atoms with van der Waals surface area (Å²) in [4.78, 5) is 17.2. The Bertz CT molecular complexity index is 918. The van der Waals surface area contributed by atoms with Crippen molar-refractivity contribution in [1.29, 1.82) is 0 Å². The van der Waals surface area contributed by atoms with Crippen molar-refractivity contribution in [3.05, 3.63) is 36.2 Å². The summed E-state index contributed by atoms with van der Waals surface area (Å²) in [5, 5.41) is 11.6. The minimum atomic E-state index is -0.348. The minimum absolute atomic E-state index is 0.132. The maximum Gasteiger partial charge on any atom is 0.316 e. The predicted molar refractivity (Wildman–Crippen MR) is 113 cm³/mol. The monoisotopic (exact) mass is 407 g/mol. The van der Waals surface area contributed by atoms with E-state index in [0.717, 1.165) is 39.0 Å². The van der Waals surface area contributed by atoms with Gasteiger partial charge < -0.3 is 19.5 Å². The summed E-state index contributed by atoms with van der Waals surface area (Å²) in [7, 11) is 0. The fourth-order valence-electron chi connectivity index (χ4n) is 5.57. The molecule has 6 rings (SSSR count). The fourth-order valence-corrected chi connectivity index (χ4v) is 5.57. The zero-order valence-corrected chi connectivity index (χ0v) is 17.5. The Balaban J connectivity index is 1.03. The Morgan fingerprint density at radius 1 is 1.10 bits per heavy atom. The number of benzene rings is 1. The van der Waals surface area contributed by atoms with E-state index >= 15 is 0 Å². The van der Waals surface area contributed by atoms with Crippen LogP contribution in [0.15, 0.2) is 34.7 Å². The Morgan fingerprint density at radius 3 is 2.47 bits per heavy atom. The van der Waals surface area contributed by atoms with E-state index in [1.165, 1.54) is 18.5 Å². The maximum absolute atomic E-state index is 12.8. The second-order valence-corrected chi connectivity index (χ2v) is 9.73. The summed E-state index contributed by atoms with van der Waals surface area (Å²) in [6, 6.07) is 10.6. The number of carbonyl (C=O) groups is 1. The molecular formula is C23H29N5O2. The molecule has 158 valence electrons. The number of rotatable bonds is 5. The third kappa shape index (κ3) is 3.15. The highest BCUT2D eigenvalue weighted by Gasteiger charge is 2.59. The molecule has 3 heterocycles. The van der Waals surface area contributed by atoms with Crippen molar-refractivity contribution in [3.63, 3.8) is 0 Å². The molecule has 2 aliphatic carbocycles. The SMILES string of the molecule is C[C@H](Nc1nnc([C@H]2[C@@H]3CN(c4ccccc4)C[C@@H]32)o1)C(=O)N1CCC2(CC1)CC2. The molecule has 1 N–H and O–H groups in total. The lowest BCUT2D eigenvalue weighted by Crippen LogP contribution is -2.45. The molecule has 4 fully saturated rings. The number of hydrogen-bond acceptors (Lipinski definition) is 6. The van der Waals surface area contributed by atoms with Gasteiger partial charge in [-0.05, 0) is 62.0 Å². The number of para-hydroxylation sites is 1. The number of anilines is 2. The molecule has 1 aromatic carbocycles. The summed E-state index contributed by atoms with van der Waals surface area (Å²) in [6.07, 6.45) is 5.00. The average molecular weight is 408 g/mol. The largest absolute Gasteiger partial charge is 0.408 e. The number of nitrogens with zero attached hydrogens (tertiary/aromatic N) is 4. The smallest absolute Gasteiger partial charge is 0.316 e. The van der Waals surface area contributed by atoms with E-state index in [2.05, 4.69) is 50.7 Å². The van der Waals surface area contributed by atoms with Gasteiger partial charge in [0.2, 0.25) is 11.8 Å². The van der Waals surface area contributed by atoms with Gasteiger partial charge in [-0.2, -0.15) is 0 Å². The number of nitrogens with one attached hydrogen (secondary N) is 1. The summed E-state index contributed by atoms with van der Waals surface area (Å²) >= 11 is 0. The van der Waals surface area contributed by atoms with Crippen LogP contribution >= 0.6 is 0 Å². The summed E-state index contributed by atoms with van der Waals surface area (Å²) in [6.45, 7) is 5.72. The molecule has 1 aromatic heterocycles. The molecule has 2 saturated carbocycles. The highest BCUT2D eigenvalue weighted by atomic mass is 16.4. The molecule has 0 radical (unpaired) electrons. The third-order valence-electron chi connectivity index (χ3n) is 7.84. The van der Waals surface area contributed by atoms with Gasteiger partial charge in [0.25, 0.3) is 0 Å². The van der Waals surface area contributed by atoms with Gasteiger partial charge in [-0.3, -0.25) is 4.79 Å². The first kappa shape index (κ1) is 18.2. The zero-order chi connectivity index (χ0) is 20.3. The standard InChI is InChI=1S/C23H29N5O2/c1-15(21(29)27-11-9-23(7-8-23)10-12-27)24-22-26-25-20(30-22)19-17-13-28(14-18(17)19)16-5-3-2-4-6-16/h2-6,15,17-19H,7-14H2,1H3,(H,24,26)/t15-,17-,18+,19+/m0/s1. The molecule has 1 spiro atoms. The first-order chi connectivity index (χ1) is 14.6. The lowest BCUT2D eigenvalue weighted by atomic mass is 9.93. The Labute approximate surface area is 176 Å². The van der Waals surface area contributed by atoms with Crippen molar-refractivity contribution in [2.24, 2.45) is 17.3 Å². The summed E-state index contributed by atoms with van der Waals surface area (Å²) < 4.78 is 5.91. The van der Waals surface area contributed by atoms with Gasteiger partial charge in [-0.15, -0.1) is 5.10 Å². The van der Waals surface area contributed by atoms with Crippen molar-refractivity contribution in [2.45, 2.75) is 44.6 Å². The van der Waals surface area contributed by atoms with Gasteiger partial charge in [-0.25, -0.2) is 0 Å². The number of amides is 1. The Morgan fingerprint density at radius 2 is 1.80 bits per heavy atom. The van der Waals surface area contributed by atoms with E-state index in [4.69, 9.17) is 4.42 Å². The molecule has 2 saturated heterocycles. The second-order valence-electron chi connectivity index (χ2n) is 9.73. The molecule has 2 aliphatic heterocycles. The minimum Gasteiger partial charge on any atom is -0.408 e. The lowest BCUT2D eigenvalue weighted by molar-refractivity contribution is -0.133. The molecule has 0 bridgehead atoms. The maximum atomic E-state index is 12.8. The van der Waals surface area contributed by atoms with Gasteiger partial charge in [0.05, 0.1) is 0 Å². The average Bonchev–Trinajstić information content (AvgIpc) is 3.55. The van der Waals surface area contributed by atoms with Crippen molar-refractivity contribution < 1.29 is 9.21 Å². The number of piperidine rings is 2. The topological polar surface area (TPSA) is 74.5 Å². The molecule has 1 amide bonds. The molecule has 7 nitrogen and oxygen atoms in total. The number of hydrogen-bond donors (Lipinski definition) is 1. The van der Waals surface area contributed by atoms with Gasteiger partial charge in [0, 0.05) is 37.8 Å². The second kappa shape index (κ2) is 6.72. The lowest BCUT2D eigenvalue weighted by Gasteiger charge is -2.33. The normalized spacial score (nSPS) is 29.6. The Hall–Kier alpha value is -2.57. The molecule has 4 atom stereocenters. The van der Waals surface area contributed by atoms with Crippen LogP contribution < -0.4 is 10.2 Å². The zero-order valence-electron chi connectivity index (χ0n) is 17.5. The van der Waals surface area contributed by atoms with E-state index in [-0.39, 0.29) is 11.9 Å². The number of aromatic nitrogens is 2. The fraction of sp³-hybridized carbons (Fsp3) is 0.609. The van der Waals surface area contributed by atoms with Crippen LogP contribution in [0.2, 0.25) is 0 Å². The van der Waals surface area contributed by atoms with Crippen molar-refractivity contribution in [2.75, 3.05) is 36.4 Å². The highest BCUT2D eigenvalue weighted by molar-refractivity contribution is 5.83. The third-order valence-corrected chi connectivity index (χ3v) is 7.84. The Kier molecular flexibility index (Phi) is 4.08. The summed E-state index contributed by atoms with van der Waals surface area (Å²) in [5.74, 6) is 2.37. The quantitative estimate of drug-likeness (QED) is 0.821. The van der Waals surface area contributed by atoms with Crippen LogP contribution in [0.25, 0.3) is 0 Å². The molecule has 7 heteroatoms. The van der Waals surface area contributed by atoms with E-state index in [1.807, 2.05) is 11.8 Å². The van der Waals surface area contributed by atoms with Crippen LogP contribution in [0.4, 0.5) is 11.7 Å². The van der Waals surface area contributed by atoms with Crippen molar-refractivity contribution in [3.8, 4) is 0 Å². The summed E-state index contributed by atoms with van der Waals surface area (Å²) in [5.41, 5.74) is 1.86. The molecule has 2 aromatic rings. The number of carbonyl (C=O) groups excluding carboxylic acids is 1. The molecule has 30 heavy (non-hydrogen) atoms. The van der Waals surface area contributed by atoms with Crippen LogP contribution in [0.1, 0.15) is 44.4 Å². The van der Waals surface area contributed by atoms with Crippen LogP contribution in [-0.4, -0.2) is 53.2 Å². The highest BCUT2D eigenvalue weighted by Crippen LogP contribution is 2.58. The van der Waals surface area contributed by atoms with Crippen molar-refractivity contribution in [1.82, 2.24) is 15.1 Å². The van der Waals surface area contributed by atoms with Gasteiger partial charge in [-0.1, -0.05) is 23.3 Å². The van der Waals surface area contributed by atoms with Gasteiger partial charge in [0.1, 0.15) is 6.04 Å². The van der Waals surface area contributed by atoms with Crippen molar-refractivity contribution >= 4 is 17.6 Å². The van der Waals surface area contributed by atoms with Crippen LogP contribution in [-0.2, 0) is 4.79 Å². The van der Waals surface area contributed by atoms with Gasteiger partial charge in [0.15, 0.2) is 0 Å². The molecule has 0 unspecified atom stereocenters. The van der Waals surface area contributed by atoms with E-state index < -0.39 is 0 Å². The van der Waals surface area contributed by atoms with E-state index in [1.54, 1.807) is 0 Å². The van der Waals surface area contributed by atoms with E-state index in [0.29, 0.717) is 35.1 Å². The predicted octanol–water partition coefficient (Wildman–Crippen LogP) is 3.12. The first-order valence-electron chi connectivity index (χ1n) is 11.3. The number of fused-ring (bicyclic) bond motifs is 1. The number of likely N-dealkylation sites (tertiary alicyclic amines) is 1. The van der Waals surface area contributed by atoms with E-state index in [9.17, 15) is 4.79 Å². The first-order valence-corrected chi connectivity index (χ1v) is 11.3. The molecular weight excluding hydrogens is 378 g/mol. The molecule has 4 aliphatic rings. The van der Waals surface area contributed by atoms with Crippen LogP contribution in [0, 0.1) is 17.3 Å².